The molecular weight excluding hydrogens is 328 g/mol. The molecule has 1 saturated heterocycles. The summed E-state index contributed by atoms with van der Waals surface area (Å²) in [4.78, 5) is 7.18. The maximum Gasteiger partial charge on any atom is 0.191 e. The number of hydrogen-bond acceptors (Lipinski definition) is 4. The molecule has 0 spiro atoms. The summed E-state index contributed by atoms with van der Waals surface area (Å²) in [6.45, 7) is 10.6. The number of nitrogens with one attached hydrogen (secondary N) is 2. The summed E-state index contributed by atoms with van der Waals surface area (Å²) in [5.74, 6) is 0.920. The van der Waals surface area contributed by atoms with Gasteiger partial charge in [0, 0.05) is 32.7 Å². The van der Waals surface area contributed by atoms with E-state index in [9.17, 15) is 0 Å². The molecule has 26 heavy (non-hydrogen) atoms. The van der Waals surface area contributed by atoms with Crippen molar-refractivity contribution in [1.29, 1.82) is 0 Å². The normalized spacial score (nSPS) is 20.7. The zero-order valence-corrected chi connectivity index (χ0v) is 16.8. The molecule has 0 bridgehead atoms. The van der Waals surface area contributed by atoms with Crippen molar-refractivity contribution in [1.82, 2.24) is 15.5 Å². The van der Waals surface area contributed by atoms with Gasteiger partial charge in [0.05, 0.1) is 25.9 Å². The van der Waals surface area contributed by atoms with Crippen molar-refractivity contribution >= 4 is 5.96 Å². The molecule has 0 aromatic carbocycles. The molecule has 2 N–H and O–H groups in total. The first-order chi connectivity index (χ1) is 12.9. The van der Waals surface area contributed by atoms with Gasteiger partial charge in [0.15, 0.2) is 5.96 Å². The van der Waals surface area contributed by atoms with Gasteiger partial charge in [-0.15, -0.1) is 0 Å². The SMILES string of the molecule is CCNC(=NCCCCN1CCOCC1)NCCOC1CCCCCC1. The van der Waals surface area contributed by atoms with Crippen LogP contribution in [0.2, 0.25) is 0 Å². The number of nitrogens with zero attached hydrogens (tertiary/aromatic N) is 2. The Bertz CT molecular complexity index is 365. The van der Waals surface area contributed by atoms with E-state index in [2.05, 4.69) is 22.5 Å². The standard InChI is InChI=1S/C20H40N4O2/c1-2-21-20(22-11-7-8-13-24-14-17-25-18-15-24)23-12-16-26-19-9-5-3-4-6-10-19/h19H,2-18H2,1H3,(H2,21,22,23). The molecule has 6 heteroatoms. The Morgan fingerprint density at radius 2 is 1.85 bits per heavy atom. The lowest BCUT2D eigenvalue weighted by atomic mass is 10.1. The molecule has 2 rings (SSSR count). The Morgan fingerprint density at radius 3 is 2.58 bits per heavy atom. The lowest BCUT2D eigenvalue weighted by Gasteiger charge is -2.26. The van der Waals surface area contributed by atoms with Crippen molar-refractivity contribution in [2.75, 3.05) is 59.1 Å². The van der Waals surface area contributed by atoms with Crippen molar-refractivity contribution < 1.29 is 9.47 Å². The van der Waals surface area contributed by atoms with Crippen LogP contribution in [0.5, 0.6) is 0 Å². The molecule has 0 radical (unpaired) electrons. The molecule has 0 amide bonds. The van der Waals surface area contributed by atoms with Crippen LogP contribution in [0.25, 0.3) is 0 Å². The Morgan fingerprint density at radius 1 is 1.08 bits per heavy atom. The van der Waals surface area contributed by atoms with Crippen LogP contribution in [0.3, 0.4) is 0 Å². The smallest absolute Gasteiger partial charge is 0.191 e. The maximum absolute atomic E-state index is 6.04. The number of ether oxygens (including phenoxy) is 2. The van der Waals surface area contributed by atoms with Crippen LogP contribution >= 0.6 is 0 Å². The topological polar surface area (TPSA) is 58.1 Å². The van der Waals surface area contributed by atoms with Crippen LogP contribution in [-0.2, 0) is 9.47 Å². The fourth-order valence-electron chi connectivity index (χ4n) is 3.61. The lowest BCUT2D eigenvalue weighted by Crippen LogP contribution is -2.39. The second-order valence-corrected chi connectivity index (χ2v) is 7.33. The molecule has 1 saturated carbocycles. The summed E-state index contributed by atoms with van der Waals surface area (Å²) in [6.07, 6.45) is 10.7. The molecular formula is C20H40N4O2. The molecule has 2 fully saturated rings. The zero-order valence-electron chi connectivity index (χ0n) is 16.8. The summed E-state index contributed by atoms with van der Waals surface area (Å²) < 4.78 is 11.4. The molecule has 0 atom stereocenters. The average Bonchev–Trinajstić information content (AvgIpc) is 2.94. The number of rotatable bonds is 10. The monoisotopic (exact) mass is 368 g/mol. The third kappa shape index (κ3) is 9.74. The molecule has 1 aliphatic carbocycles. The van der Waals surface area contributed by atoms with Gasteiger partial charge in [-0.05, 0) is 39.2 Å². The van der Waals surface area contributed by atoms with Gasteiger partial charge in [-0.25, -0.2) is 0 Å². The highest BCUT2D eigenvalue weighted by molar-refractivity contribution is 5.79. The number of unbranched alkanes of at least 4 members (excludes halogenated alkanes) is 1. The summed E-state index contributed by atoms with van der Waals surface area (Å²) in [6, 6.07) is 0. The van der Waals surface area contributed by atoms with Crippen molar-refractivity contribution in [2.45, 2.75) is 64.4 Å². The summed E-state index contributed by atoms with van der Waals surface area (Å²) in [7, 11) is 0. The van der Waals surface area contributed by atoms with Crippen LogP contribution < -0.4 is 10.6 Å². The molecule has 2 aliphatic rings. The summed E-state index contributed by atoms with van der Waals surface area (Å²) in [5, 5.41) is 6.73. The fraction of sp³-hybridized carbons (Fsp3) is 0.950. The summed E-state index contributed by atoms with van der Waals surface area (Å²) >= 11 is 0. The van der Waals surface area contributed by atoms with Gasteiger partial charge < -0.3 is 20.1 Å². The minimum Gasteiger partial charge on any atom is -0.379 e. The van der Waals surface area contributed by atoms with Crippen molar-refractivity contribution in [3.05, 3.63) is 0 Å². The number of aliphatic imine (C=N–C) groups is 1. The third-order valence-electron chi connectivity index (χ3n) is 5.15. The second kappa shape index (κ2) is 14.2. The average molecular weight is 369 g/mol. The van der Waals surface area contributed by atoms with Crippen molar-refractivity contribution in [2.24, 2.45) is 4.99 Å². The van der Waals surface area contributed by atoms with E-state index in [-0.39, 0.29) is 0 Å². The Labute approximate surface area is 160 Å². The van der Waals surface area contributed by atoms with E-state index < -0.39 is 0 Å². The van der Waals surface area contributed by atoms with E-state index in [4.69, 9.17) is 14.5 Å². The Hall–Kier alpha value is -0.850. The Balaban J connectivity index is 1.53. The molecule has 152 valence electrons. The number of guanidine groups is 1. The molecule has 0 aromatic rings. The van der Waals surface area contributed by atoms with Gasteiger partial charge in [-0.1, -0.05) is 25.7 Å². The van der Waals surface area contributed by atoms with Crippen molar-refractivity contribution in [3.63, 3.8) is 0 Å². The zero-order chi connectivity index (χ0) is 18.3. The number of morpholine rings is 1. The molecule has 0 aromatic heterocycles. The first-order valence-corrected chi connectivity index (χ1v) is 10.8. The minimum atomic E-state index is 0.471. The highest BCUT2D eigenvalue weighted by Gasteiger charge is 2.12. The van der Waals surface area contributed by atoms with E-state index in [1.54, 1.807) is 0 Å². The van der Waals surface area contributed by atoms with Gasteiger partial charge in [0.25, 0.3) is 0 Å². The lowest BCUT2D eigenvalue weighted by molar-refractivity contribution is 0.0373. The van der Waals surface area contributed by atoms with Gasteiger partial charge in [0.2, 0.25) is 0 Å². The first kappa shape index (κ1) is 21.5. The van der Waals surface area contributed by atoms with Gasteiger partial charge in [0.1, 0.15) is 0 Å². The van der Waals surface area contributed by atoms with Gasteiger partial charge >= 0.3 is 0 Å². The summed E-state index contributed by atoms with van der Waals surface area (Å²) in [5.41, 5.74) is 0. The van der Waals surface area contributed by atoms with E-state index in [0.29, 0.717) is 6.10 Å². The van der Waals surface area contributed by atoms with Crippen molar-refractivity contribution in [3.8, 4) is 0 Å². The van der Waals surface area contributed by atoms with Gasteiger partial charge in [-0.3, -0.25) is 9.89 Å². The highest BCUT2D eigenvalue weighted by Crippen LogP contribution is 2.19. The van der Waals surface area contributed by atoms with Crippen LogP contribution in [0, 0.1) is 0 Å². The minimum absolute atomic E-state index is 0.471. The molecule has 0 unspecified atom stereocenters. The predicted molar refractivity (Wildman–Crippen MR) is 108 cm³/mol. The van der Waals surface area contributed by atoms with E-state index in [0.717, 1.165) is 71.5 Å². The quantitative estimate of drug-likeness (QED) is 0.268. The van der Waals surface area contributed by atoms with Crippen LogP contribution in [0.15, 0.2) is 4.99 Å². The fourth-order valence-corrected chi connectivity index (χ4v) is 3.61. The predicted octanol–water partition coefficient (Wildman–Crippen LogP) is 2.39. The van der Waals surface area contributed by atoms with E-state index >= 15 is 0 Å². The van der Waals surface area contributed by atoms with Gasteiger partial charge in [-0.2, -0.15) is 0 Å². The van der Waals surface area contributed by atoms with E-state index in [1.165, 1.54) is 44.9 Å². The Kier molecular flexibility index (Phi) is 11.7. The van der Waals surface area contributed by atoms with Crippen LogP contribution in [0.4, 0.5) is 0 Å². The third-order valence-corrected chi connectivity index (χ3v) is 5.15. The maximum atomic E-state index is 6.04. The largest absolute Gasteiger partial charge is 0.379 e. The first-order valence-electron chi connectivity index (χ1n) is 10.8. The molecule has 6 nitrogen and oxygen atoms in total. The number of hydrogen-bond donors (Lipinski definition) is 2. The molecule has 1 aliphatic heterocycles. The second-order valence-electron chi connectivity index (χ2n) is 7.33. The van der Waals surface area contributed by atoms with E-state index in [1.807, 2.05) is 0 Å². The van der Waals surface area contributed by atoms with Crippen LogP contribution in [0.1, 0.15) is 58.3 Å². The highest BCUT2D eigenvalue weighted by atomic mass is 16.5. The van der Waals surface area contributed by atoms with Crippen LogP contribution in [-0.4, -0.2) is 76.1 Å². The molecule has 1 heterocycles.